The lowest BCUT2D eigenvalue weighted by atomic mass is 9.72. The lowest BCUT2D eigenvalue weighted by molar-refractivity contribution is -0.218. The highest BCUT2D eigenvalue weighted by Gasteiger charge is 2.86. The Labute approximate surface area is 140 Å². The van der Waals surface area contributed by atoms with Gasteiger partial charge in [-0.05, 0) is 26.3 Å². The van der Waals surface area contributed by atoms with Crippen molar-refractivity contribution in [1.82, 2.24) is 0 Å². The van der Waals surface area contributed by atoms with Crippen molar-refractivity contribution in [3.8, 4) is 11.8 Å². The minimum absolute atomic E-state index is 0.164. The van der Waals surface area contributed by atoms with Gasteiger partial charge in [0.25, 0.3) is 0 Å². The Morgan fingerprint density at radius 3 is 2.58 bits per heavy atom. The summed E-state index contributed by atoms with van der Waals surface area (Å²) in [5.74, 6) is 5.21. The van der Waals surface area contributed by atoms with Crippen LogP contribution < -0.4 is 0 Å². The van der Waals surface area contributed by atoms with Gasteiger partial charge in [-0.1, -0.05) is 18.4 Å². The molecule has 4 fully saturated rings. The van der Waals surface area contributed by atoms with Gasteiger partial charge in [0.2, 0.25) is 11.4 Å². The monoisotopic (exact) mass is 332 g/mol. The molecule has 0 N–H and O–H groups in total. The molecular weight excluding hydrogens is 312 g/mol. The van der Waals surface area contributed by atoms with Crippen LogP contribution in [0.1, 0.15) is 34.1 Å². The first-order chi connectivity index (χ1) is 11.1. The van der Waals surface area contributed by atoms with E-state index in [2.05, 4.69) is 18.4 Å². The first-order valence-electron chi connectivity index (χ1n) is 8.06. The van der Waals surface area contributed by atoms with Gasteiger partial charge in [0.1, 0.15) is 29.5 Å². The van der Waals surface area contributed by atoms with E-state index >= 15 is 0 Å². The number of epoxide rings is 2. The van der Waals surface area contributed by atoms with Gasteiger partial charge in [0.15, 0.2) is 6.10 Å². The van der Waals surface area contributed by atoms with Crippen molar-refractivity contribution in [1.29, 1.82) is 0 Å². The van der Waals surface area contributed by atoms with E-state index in [1.54, 1.807) is 6.92 Å². The number of allylic oxidation sites excluding steroid dienone is 1. The topological polar surface area (TPSA) is 77.7 Å². The molecule has 0 amide bonds. The first-order valence-corrected chi connectivity index (χ1v) is 8.06. The highest BCUT2D eigenvalue weighted by Crippen LogP contribution is 2.63. The quantitative estimate of drug-likeness (QED) is 0.404. The number of esters is 1. The van der Waals surface area contributed by atoms with E-state index < -0.39 is 41.2 Å². The Hall–Kier alpha value is -1.68. The van der Waals surface area contributed by atoms with Gasteiger partial charge in [-0.15, -0.1) is 0 Å². The van der Waals surface area contributed by atoms with Crippen molar-refractivity contribution < 1.29 is 28.5 Å². The molecule has 1 saturated carbocycles. The maximum absolute atomic E-state index is 12.7. The number of carbonyl (C=O) groups is 2. The van der Waals surface area contributed by atoms with Crippen LogP contribution in [0.2, 0.25) is 0 Å². The normalized spacial score (nSPS) is 46.4. The number of Topliss-reactive ketones (excluding diaryl/α,β-unsaturated/α-hetero) is 1. The third-order valence-electron chi connectivity index (χ3n) is 5.22. The summed E-state index contributed by atoms with van der Waals surface area (Å²) in [6, 6.07) is 0. The number of hydrogen-bond acceptors (Lipinski definition) is 6. The number of rotatable bonds is 1. The Balaban J connectivity index is 1.65. The molecule has 4 aliphatic rings. The molecule has 24 heavy (non-hydrogen) atoms. The summed E-state index contributed by atoms with van der Waals surface area (Å²) in [6.45, 7) is 10.6. The van der Waals surface area contributed by atoms with E-state index in [9.17, 15) is 9.59 Å². The molecule has 0 aromatic rings. The summed E-state index contributed by atoms with van der Waals surface area (Å²) in [7, 11) is 0. The van der Waals surface area contributed by atoms with Crippen molar-refractivity contribution in [3.05, 3.63) is 12.2 Å². The van der Waals surface area contributed by atoms with E-state index in [-0.39, 0.29) is 11.8 Å². The van der Waals surface area contributed by atoms with E-state index in [4.69, 9.17) is 18.9 Å². The Bertz CT molecular complexity index is 728. The predicted octanol–water partition coefficient (Wildman–Crippen LogP) is 0.923. The molecule has 0 radical (unpaired) electrons. The van der Waals surface area contributed by atoms with Crippen LogP contribution in [0.5, 0.6) is 0 Å². The maximum atomic E-state index is 12.7. The zero-order valence-corrected chi connectivity index (χ0v) is 14.2. The minimum atomic E-state index is -1.14. The van der Waals surface area contributed by atoms with E-state index in [0.29, 0.717) is 12.0 Å². The zero-order chi connectivity index (χ0) is 17.5. The molecule has 1 spiro atoms. The highest BCUT2D eigenvalue weighted by atomic mass is 16.7. The van der Waals surface area contributed by atoms with E-state index in [1.807, 2.05) is 13.8 Å². The molecule has 0 aromatic heterocycles. The molecule has 128 valence electrons. The summed E-state index contributed by atoms with van der Waals surface area (Å²) < 4.78 is 23.1. The summed E-state index contributed by atoms with van der Waals surface area (Å²) in [6.07, 6.45) is -1.52. The third kappa shape index (κ3) is 1.95. The average Bonchev–Trinajstić information content (AvgIpc) is 3.34. The Kier molecular flexibility index (Phi) is 2.96. The van der Waals surface area contributed by atoms with Crippen LogP contribution in [0.3, 0.4) is 0 Å². The van der Waals surface area contributed by atoms with Gasteiger partial charge in [0.05, 0.1) is 0 Å². The number of ether oxygens (including phenoxy) is 4. The van der Waals surface area contributed by atoms with Crippen LogP contribution in [-0.2, 0) is 28.5 Å². The molecule has 1 aliphatic carbocycles. The summed E-state index contributed by atoms with van der Waals surface area (Å²) in [5, 5.41) is 0. The van der Waals surface area contributed by atoms with Crippen LogP contribution in [0.15, 0.2) is 12.2 Å². The van der Waals surface area contributed by atoms with Gasteiger partial charge in [-0.25, -0.2) is 0 Å². The number of fused-ring (bicyclic) bond motifs is 2. The molecule has 0 bridgehead atoms. The SMILES string of the molecule is C=C(C)C#C[C@]12O[C@H]1[C@@H]1OC(C)(C)[C@H](OC(C)=O)C[C@]13O[C@@H]3C2=O. The highest BCUT2D eigenvalue weighted by molar-refractivity contribution is 6.02. The van der Waals surface area contributed by atoms with Crippen LogP contribution in [0.25, 0.3) is 0 Å². The summed E-state index contributed by atoms with van der Waals surface area (Å²) >= 11 is 0. The van der Waals surface area contributed by atoms with Crippen LogP contribution in [-0.4, -0.2) is 53.0 Å². The largest absolute Gasteiger partial charge is 0.459 e. The van der Waals surface area contributed by atoms with Crippen molar-refractivity contribution in [2.45, 2.75) is 75.3 Å². The van der Waals surface area contributed by atoms with Gasteiger partial charge >= 0.3 is 5.97 Å². The number of carbonyl (C=O) groups excluding carboxylic acids is 2. The second-order valence-corrected chi connectivity index (χ2v) is 7.57. The molecule has 6 heteroatoms. The van der Waals surface area contributed by atoms with Crippen molar-refractivity contribution >= 4 is 11.8 Å². The standard InChI is InChI=1S/C18H20O6/c1-9(2)6-7-17-12(20)13-18(23-13)8-11(21-10(3)19)16(4,5)22-15(18)14(17)24-17/h11,13-15H,1,8H2,2-5H3/t11-,13-,14+,15+,17-,18-/m1/s1. The fourth-order valence-electron chi connectivity index (χ4n) is 3.88. The zero-order valence-electron chi connectivity index (χ0n) is 14.2. The maximum Gasteiger partial charge on any atom is 0.303 e. The van der Waals surface area contributed by atoms with Crippen LogP contribution in [0, 0.1) is 11.8 Å². The fraction of sp³-hybridized carbons (Fsp3) is 0.667. The second-order valence-electron chi connectivity index (χ2n) is 7.57. The van der Waals surface area contributed by atoms with E-state index in [0.717, 1.165) is 0 Å². The molecule has 0 unspecified atom stereocenters. The summed E-state index contributed by atoms with van der Waals surface area (Å²) in [5.41, 5.74) is -1.93. The lowest BCUT2D eigenvalue weighted by Crippen LogP contribution is -2.62. The summed E-state index contributed by atoms with van der Waals surface area (Å²) in [4.78, 5) is 24.1. The fourth-order valence-corrected chi connectivity index (χ4v) is 3.88. The van der Waals surface area contributed by atoms with Crippen LogP contribution >= 0.6 is 0 Å². The van der Waals surface area contributed by atoms with Gasteiger partial charge in [-0.2, -0.15) is 0 Å². The lowest BCUT2D eigenvalue weighted by Gasteiger charge is -2.45. The molecular formula is C18H20O6. The van der Waals surface area contributed by atoms with Crippen molar-refractivity contribution in [2.24, 2.45) is 0 Å². The van der Waals surface area contributed by atoms with Gasteiger partial charge in [0, 0.05) is 13.3 Å². The van der Waals surface area contributed by atoms with Gasteiger partial charge in [-0.3, -0.25) is 9.59 Å². The smallest absolute Gasteiger partial charge is 0.303 e. The number of hydrogen-bond donors (Lipinski definition) is 0. The second kappa shape index (κ2) is 4.48. The number of ketones is 1. The Morgan fingerprint density at radius 1 is 1.25 bits per heavy atom. The average molecular weight is 332 g/mol. The molecule has 6 atom stereocenters. The molecule has 3 saturated heterocycles. The van der Waals surface area contributed by atoms with Gasteiger partial charge < -0.3 is 18.9 Å². The first kappa shape index (κ1) is 15.8. The van der Waals surface area contributed by atoms with Crippen molar-refractivity contribution in [3.63, 3.8) is 0 Å². The molecule has 3 heterocycles. The minimum Gasteiger partial charge on any atom is -0.459 e. The van der Waals surface area contributed by atoms with Crippen molar-refractivity contribution in [2.75, 3.05) is 0 Å². The third-order valence-corrected chi connectivity index (χ3v) is 5.22. The molecule has 6 nitrogen and oxygen atoms in total. The molecule has 3 aliphatic heterocycles. The Morgan fingerprint density at radius 2 is 1.96 bits per heavy atom. The predicted molar refractivity (Wildman–Crippen MR) is 81.9 cm³/mol. The molecule has 4 rings (SSSR count). The van der Waals surface area contributed by atoms with Crippen LogP contribution in [0.4, 0.5) is 0 Å². The van der Waals surface area contributed by atoms with E-state index in [1.165, 1.54) is 6.92 Å². The molecule has 0 aromatic carbocycles.